The van der Waals surface area contributed by atoms with Crippen LogP contribution >= 0.6 is 15.9 Å². The maximum absolute atomic E-state index is 12.8. The van der Waals surface area contributed by atoms with Crippen molar-refractivity contribution in [3.8, 4) is 0 Å². The molecule has 8 heteroatoms. The van der Waals surface area contributed by atoms with Crippen molar-refractivity contribution in [3.05, 3.63) is 32.8 Å². The van der Waals surface area contributed by atoms with Crippen LogP contribution in [0.4, 0.5) is 5.69 Å². The Hall–Kier alpha value is -0.990. The van der Waals surface area contributed by atoms with E-state index in [1.807, 2.05) is 6.92 Å². The molecule has 21 heavy (non-hydrogen) atoms. The molecule has 1 heterocycles. The fourth-order valence-corrected chi connectivity index (χ4v) is 4.93. The molecule has 1 aliphatic rings. The lowest BCUT2D eigenvalue weighted by Crippen LogP contribution is -2.43. The van der Waals surface area contributed by atoms with E-state index in [9.17, 15) is 18.5 Å². The molecule has 0 aliphatic carbocycles. The third-order valence-corrected chi connectivity index (χ3v) is 6.24. The standard InChI is InChI=1S/C13H17BrN2O4S/c1-2-11-5-3-4-8-15(11)21(19,20)13-7-6-10(14)9-12(13)16(17)18/h6-7,9,11H,2-5,8H2,1H3. The van der Waals surface area contributed by atoms with Crippen molar-refractivity contribution in [1.29, 1.82) is 0 Å². The predicted molar refractivity (Wildman–Crippen MR) is 82.6 cm³/mol. The summed E-state index contributed by atoms with van der Waals surface area (Å²) in [6, 6.07) is 3.98. The third-order valence-electron chi connectivity index (χ3n) is 3.75. The van der Waals surface area contributed by atoms with E-state index in [0.29, 0.717) is 17.4 Å². The van der Waals surface area contributed by atoms with E-state index in [0.717, 1.165) is 19.3 Å². The van der Waals surface area contributed by atoms with Crippen LogP contribution in [0.1, 0.15) is 32.6 Å². The van der Waals surface area contributed by atoms with Crippen LogP contribution in [0.25, 0.3) is 0 Å². The quantitative estimate of drug-likeness (QED) is 0.596. The number of nitrogens with zero attached hydrogens (tertiary/aromatic N) is 2. The zero-order valence-electron chi connectivity index (χ0n) is 11.7. The van der Waals surface area contributed by atoms with Gasteiger partial charge in [0.25, 0.3) is 5.69 Å². The Morgan fingerprint density at radius 3 is 2.76 bits per heavy atom. The fraction of sp³-hybridized carbons (Fsp3) is 0.538. The number of nitro benzene ring substituents is 1. The average molecular weight is 377 g/mol. The van der Waals surface area contributed by atoms with Crippen LogP contribution in [0.15, 0.2) is 27.6 Å². The Labute approximate surface area is 132 Å². The van der Waals surface area contributed by atoms with Crippen LogP contribution in [0.2, 0.25) is 0 Å². The van der Waals surface area contributed by atoms with E-state index >= 15 is 0 Å². The van der Waals surface area contributed by atoms with Crippen molar-refractivity contribution >= 4 is 31.6 Å². The van der Waals surface area contributed by atoms with Crippen LogP contribution in [0, 0.1) is 10.1 Å². The summed E-state index contributed by atoms with van der Waals surface area (Å²) in [6.45, 7) is 2.36. The number of rotatable bonds is 4. The van der Waals surface area contributed by atoms with Gasteiger partial charge in [0.1, 0.15) is 0 Å². The second-order valence-electron chi connectivity index (χ2n) is 5.04. The second-order valence-corrected chi connectivity index (χ2v) is 7.82. The molecule has 0 amide bonds. The molecular formula is C13H17BrN2O4S. The first kappa shape index (κ1) is 16.4. The average Bonchev–Trinajstić information content (AvgIpc) is 2.46. The van der Waals surface area contributed by atoms with Gasteiger partial charge in [-0.2, -0.15) is 4.31 Å². The lowest BCUT2D eigenvalue weighted by atomic mass is 10.0. The van der Waals surface area contributed by atoms with Crippen LogP contribution in [-0.4, -0.2) is 30.2 Å². The summed E-state index contributed by atoms with van der Waals surface area (Å²) in [5, 5.41) is 11.2. The van der Waals surface area contributed by atoms with Crippen LogP contribution < -0.4 is 0 Å². The molecule has 1 atom stereocenters. The lowest BCUT2D eigenvalue weighted by Gasteiger charge is -2.33. The Bertz CT molecular complexity index is 648. The number of hydrogen-bond acceptors (Lipinski definition) is 4. The Kier molecular flexibility index (Phi) is 5.00. The Morgan fingerprint density at radius 1 is 1.43 bits per heavy atom. The highest BCUT2D eigenvalue weighted by molar-refractivity contribution is 9.10. The Morgan fingerprint density at radius 2 is 2.14 bits per heavy atom. The normalized spacial score (nSPS) is 20.4. The highest BCUT2D eigenvalue weighted by Crippen LogP contribution is 2.33. The van der Waals surface area contributed by atoms with Crippen LogP contribution in [-0.2, 0) is 10.0 Å². The molecule has 1 aromatic rings. The van der Waals surface area contributed by atoms with Gasteiger partial charge in [-0.1, -0.05) is 29.3 Å². The van der Waals surface area contributed by atoms with Crippen molar-refractivity contribution in [3.63, 3.8) is 0 Å². The minimum absolute atomic E-state index is 0.0769. The van der Waals surface area contributed by atoms with E-state index in [1.54, 1.807) is 0 Å². The maximum Gasteiger partial charge on any atom is 0.290 e. The van der Waals surface area contributed by atoms with Gasteiger partial charge in [-0.3, -0.25) is 10.1 Å². The molecule has 1 aliphatic heterocycles. The first-order chi connectivity index (χ1) is 9.87. The first-order valence-corrected chi connectivity index (χ1v) is 9.07. The van der Waals surface area contributed by atoms with Crippen LogP contribution in [0.5, 0.6) is 0 Å². The molecule has 0 bridgehead atoms. The van der Waals surface area contributed by atoms with Gasteiger partial charge >= 0.3 is 0 Å². The zero-order chi connectivity index (χ0) is 15.6. The monoisotopic (exact) mass is 376 g/mol. The van der Waals surface area contributed by atoms with Gasteiger partial charge in [0.2, 0.25) is 10.0 Å². The van der Waals surface area contributed by atoms with Gasteiger partial charge in [-0.25, -0.2) is 8.42 Å². The summed E-state index contributed by atoms with van der Waals surface area (Å²) < 4.78 is 27.5. The summed E-state index contributed by atoms with van der Waals surface area (Å²) >= 11 is 3.14. The minimum Gasteiger partial charge on any atom is -0.258 e. The van der Waals surface area contributed by atoms with Gasteiger partial charge < -0.3 is 0 Å². The van der Waals surface area contributed by atoms with Crippen molar-refractivity contribution in [1.82, 2.24) is 4.31 Å². The molecule has 1 unspecified atom stereocenters. The number of sulfonamides is 1. The highest BCUT2D eigenvalue weighted by Gasteiger charge is 2.36. The molecule has 6 nitrogen and oxygen atoms in total. The molecule has 116 valence electrons. The molecule has 0 aromatic heterocycles. The number of piperidine rings is 1. The van der Waals surface area contributed by atoms with Crippen molar-refractivity contribution in [2.45, 2.75) is 43.5 Å². The minimum atomic E-state index is -3.84. The van der Waals surface area contributed by atoms with E-state index in [2.05, 4.69) is 15.9 Å². The van der Waals surface area contributed by atoms with Crippen molar-refractivity contribution in [2.24, 2.45) is 0 Å². The zero-order valence-corrected chi connectivity index (χ0v) is 14.1. The maximum atomic E-state index is 12.8. The van der Waals surface area contributed by atoms with Gasteiger partial charge in [0.15, 0.2) is 4.90 Å². The molecule has 1 fully saturated rings. The molecule has 1 aromatic carbocycles. The SMILES string of the molecule is CCC1CCCCN1S(=O)(=O)c1ccc(Br)cc1[N+](=O)[O-]. The van der Waals surface area contributed by atoms with E-state index in [4.69, 9.17) is 0 Å². The van der Waals surface area contributed by atoms with E-state index in [1.165, 1.54) is 22.5 Å². The molecular weight excluding hydrogens is 360 g/mol. The molecule has 0 saturated carbocycles. The van der Waals surface area contributed by atoms with Gasteiger partial charge in [-0.15, -0.1) is 0 Å². The van der Waals surface area contributed by atoms with Crippen molar-refractivity contribution < 1.29 is 13.3 Å². The molecule has 1 saturated heterocycles. The number of benzene rings is 1. The van der Waals surface area contributed by atoms with Gasteiger partial charge in [0, 0.05) is 23.1 Å². The van der Waals surface area contributed by atoms with E-state index < -0.39 is 14.9 Å². The fourth-order valence-electron chi connectivity index (χ4n) is 2.68. The van der Waals surface area contributed by atoms with Gasteiger partial charge in [-0.05, 0) is 31.4 Å². The molecule has 0 radical (unpaired) electrons. The Balaban J connectivity index is 2.51. The first-order valence-electron chi connectivity index (χ1n) is 6.83. The largest absolute Gasteiger partial charge is 0.290 e. The summed E-state index contributed by atoms with van der Waals surface area (Å²) in [4.78, 5) is 10.3. The third kappa shape index (κ3) is 3.27. The summed E-state index contributed by atoms with van der Waals surface area (Å²) in [7, 11) is -3.84. The van der Waals surface area contributed by atoms with Crippen molar-refractivity contribution in [2.75, 3.05) is 6.54 Å². The molecule has 0 N–H and O–H groups in total. The summed E-state index contributed by atoms with van der Waals surface area (Å²) in [5.74, 6) is 0. The molecule has 0 spiro atoms. The van der Waals surface area contributed by atoms with Crippen LogP contribution in [0.3, 0.4) is 0 Å². The predicted octanol–water partition coefficient (Wildman–Crippen LogP) is 3.31. The smallest absolute Gasteiger partial charge is 0.258 e. The number of halogens is 1. The highest BCUT2D eigenvalue weighted by atomic mass is 79.9. The summed E-state index contributed by atoms with van der Waals surface area (Å²) in [6.07, 6.45) is 3.30. The van der Waals surface area contributed by atoms with Gasteiger partial charge in [0.05, 0.1) is 4.92 Å². The second kappa shape index (κ2) is 6.41. The molecule has 2 rings (SSSR count). The summed E-state index contributed by atoms with van der Waals surface area (Å²) in [5.41, 5.74) is -0.384. The number of hydrogen-bond donors (Lipinski definition) is 0. The lowest BCUT2D eigenvalue weighted by molar-refractivity contribution is -0.387. The topological polar surface area (TPSA) is 80.5 Å². The van der Waals surface area contributed by atoms with E-state index in [-0.39, 0.29) is 16.6 Å². The number of nitro groups is 1.